The molecule has 1 aromatic carbocycles. The van der Waals surface area contributed by atoms with E-state index >= 15 is 0 Å². The number of hydrogen-bond acceptors (Lipinski definition) is 1. The molecule has 0 aliphatic rings. The van der Waals surface area contributed by atoms with Crippen LogP contribution in [0.25, 0.3) is 0 Å². The Labute approximate surface area is 99.2 Å². The average Bonchev–Trinajstić information content (AvgIpc) is 2.18. The Kier molecular flexibility index (Phi) is 5.26. The average molecular weight is 274 g/mol. The molecule has 0 aliphatic heterocycles. The Balaban J connectivity index is 2.41. The van der Waals surface area contributed by atoms with Crippen LogP contribution in [-0.2, 0) is 6.42 Å². The topological polar surface area (TPSA) is 12.0 Å². The Bertz CT molecular complexity index is 312. The normalized spacial score (nSPS) is 11.0. The molecule has 84 valence electrons. The van der Waals surface area contributed by atoms with E-state index in [1.54, 1.807) is 6.07 Å². The van der Waals surface area contributed by atoms with Crippen LogP contribution in [0, 0.1) is 11.7 Å². The van der Waals surface area contributed by atoms with Gasteiger partial charge in [-0.25, -0.2) is 4.39 Å². The predicted molar refractivity (Wildman–Crippen MR) is 65.5 cm³/mol. The molecule has 0 saturated heterocycles. The molecular weight excluding hydrogens is 257 g/mol. The fraction of sp³-hybridized carbons (Fsp3) is 0.500. The van der Waals surface area contributed by atoms with E-state index in [9.17, 15) is 4.39 Å². The van der Waals surface area contributed by atoms with Crippen molar-refractivity contribution in [1.29, 1.82) is 0 Å². The van der Waals surface area contributed by atoms with Gasteiger partial charge in [0.2, 0.25) is 0 Å². The van der Waals surface area contributed by atoms with Gasteiger partial charge in [0, 0.05) is 0 Å². The summed E-state index contributed by atoms with van der Waals surface area (Å²) < 4.78 is 14.1. The van der Waals surface area contributed by atoms with Crippen molar-refractivity contribution >= 4 is 15.9 Å². The molecule has 0 unspecified atom stereocenters. The molecule has 1 rings (SSSR count). The fourth-order valence-electron chi connectivity index (χ4n) is 1.36. The number of hydrogen-bond donors (Lipinski definition) is 1. The van der Waals surface area contributed by atoms with Crippen LogP contribution in [0.1, 0.15) is 19.4 Å². The number of halogens is 2. The van der Waals surface area contributed by atoms with Crippen molar-refractivity contribution in [1.82, 2.24) is 5.32 Å². The second-order valence-electron chi connectivity index (χ2n) is 4.06. The minimum Gasteiger partial charge on any atom is -0.316 e. The maximum atomic E-state index is 13.5. The van der Waals surface area contributed by atoms with Crippen LogP contribution in [0.3, 0.4) is 0 Å². The van der Waals surface area contributed by atoms with Gasteiger partial charge in [-0.2, -0.15) is 0 Å². The van der Waals surface area contributed by atoms with E-state index < -0.39 is 0 Å². The number of nitrogens with one attached hydrogen (secondary N) is 1. The third-order valence-corrected chi connectivity index (χ3v) is 2.77. The van der Waals surface area contributed by atoms with Gasteiger partial charge >= 0.3 is 0 Å². The molecule has 1 aromatic rings. The van der Waals surface area contributed by atoms with E-state index in [1.807, 2.05) is 12.1 Å². The highest BCUT2D eigenvalue weighted by atomic mass is 79.9. The zero-order valence-corrected chi connectivity index (χ0v) is 10.8. The number of benzene rings is 1. The van der Waals surface area contributed by atoms with E-state index in [1.165, 1.54) is 0 Å². The van der Waals surface area contributed by atoms with Gasteiger partial charge in [-0.1, -0.05) is 26.0 Å². The summed E-state index contributed by atoms with van der Waals surface area (Å²) in [5, 5.41) is 3.30. The highest BCUT2D eigenvalue weighted by Gasteiger charge is 2.04. The molecule has 0 bridgehead atoms. The Hall–Kier alpha value is -0.410. The van der Waals surface area contributed by atoms with Crippen LogP contribution in [0.15, 0.2) is 22.7 Å². The van der Waals surface area contributed by atoms with Crippen LogP contribution in [-0.4, -0.2) is 13.1 Å². The fourth-order valence-corrected chi connectivity index (χ4v) is 1.76. The van der Waals surface area contributed by atoms with Crippen molar-refractivity contribution in [2.24, 2.45) is 5.92 Å². The summed E-state index contributed by atoms with van der Waals surface area (Å²) in [4.78, 5) is 0. The molecular formula is C12H17BrFN. The molecule has 1 N–H and O–H groups in total. The Morgan fingerprint density at radius 1 is 1.40 bits per heavy atom. The third-order valence-electron chi connectivity index (χ3n) is 2.16. The van der Waals surface area contributed by atoms with Gasteiger partial charge in [-0.05, 0) is 53.0 Å². The summed E-state index contributed by atoms with van der Waals surface area (Å²) in [5.74, 6) is 0.501. The van der Waals surface area contributed by atoms with Crippen LogP contribution in [0.4, 0.5) is 4.39 Å². The first-order valence-electron chi connectivity index (χ1n) is 5.25. The second-order valence-corrected chi connectivity index (χ2v) is 4.92. The quantitative estimate of drug-likeness (QED) is 0.812. The van der Waals surface area contributed by atoms with E-state index in [4.69, 9.17) is 0 Å². The molecule has 0 spiro atoms. The standard InChI is InChI=1S/C12H17BrFN/c1-9(2)8-15-7-6-10-4-3-5-11(13)12(10)14/h3-5,9,15H,6-8H2,1-2H3. The highest BCUT2D eigenvalue weighted by Crippen LogP contribution is 2.18. The Morgan fingerprint density at radius 3 is 2.80 bits per heavy atom. The van der Waals surface area contributed by atoms with Crippen LogP contribution in [0.2, 0.25) is 0 Å². The molecule has 0 aromatic heterocycles. The van der Waals surface area contributed by atoms with Gasteiger partial charge in [0.15, 0.2) is 0 Å². The summed E-state index contributed by atoms with van der Waals surface area (Å²) in [6, 6.07) is 5.42. The van der Waals surface area contributed by atoms with Crippen LogP contribution >= 0.6 is 15.9 Å². The van der Waals surface area contributed by atoms with Crippen molar-refractivity contribution < 1.29 is 4.39 Å². The van der Waals surface area contributed by atoms with Gasteiger partial charge in [0.1, 0.15) is 5.82 Å². The SMILES string of the molecule is CC(C)CNCCc1cccc(Br)c1F. The van der Waals surface area contributed by atoms with Gasteiger partial charge in [0.05, 0.1) is 4.47 Å². The van der Waals surface area contributed by atoms with E-state index in [-0.39, 0.29) is 5.82 Å². The summed E-state index contributed by atoms with van der Waals surface area (Å²) in [6.45, 7) is 6.13. The van der Waals surface area contributed by atoms with Gasteiger partial charge in [-0.3, -0.25) is 0 Å². The van der Waals surface area contributed by atoms with Crippen LogP contribution in [0.5, 0.6) is 0 Å². The van der Waals surface area contributed by atoms with Gasteiger partial charge in [-0.15, -0.1) is 0 Å². The molecule has 3 heteroatoms. The van der Waals surface area contributed by atoms with Crippen molar-refractivity contribution in [2.75, 3.05) is 13.1 Å². The van der Waals surface area contributed by atoms with Crippen molar-refractivity contribution in [3.8, 4) is 0 Å². The third kappa shape index (κ3) is 4.31. The zero-order valence-electron chi connectivity index (χ0n) is 9.19. The van der Waals surface area contributed by atoms with Crippen molar-refractivity contribution in [3.05, 3.63) is 34.1 Å². The minimum atomic E-state index is -0.135. The summed E-state index contributed by atoms with van der Waals surface area (Å²) in [7, 11) is 0. The van der Waals surface area contributed by atoms with Crippen molar-refractivity contribution in [2.45, 2.75) is 20.3 Å². The first kappa shape index (κ1) is 12.7. The molecule has 0 fully saturated rings. The molecule has 0 atom stereocenters. The van der Waals surface area contributed by atoms with Gasteiger partial charge < -0.3 is 5.32 Å². The lowest BCUT2D eigenvalue weighted by Gasteiger charge is -2.08. The molecule has 0 heterocycles. The largest absolute Gasteiger partial charge is 0.316 e. The highest BCUT2D eigenvalue weighted by molar-refractivity contribution is 9.10. The number of rotatable bonds is 5. The Morgan fingerprint density at radius 2 is 2.13 bits per heavy atom. The van der Waals surface area contributed by atoms with E-state index in [0.717, 1.165) is 25.1 Å². The molecule has 0 amide bonds. The maximum absolute atomic E-state index is 13.5. The summed E-state index contributed by atoms with van der Waals surface area (Å²) >= 11 is 3.18. The van der Waals surface area contributed by atoms with E-state index in [0.29, 0.717) is 10.4 Å². The van der Waals surface area contributed by atoms with Gasteiger partial charge in [0.25, 0.3) is 0 Å². The first-order valence-corrected chi connectivity index (χ1v) is 6.04. The van der Waals surface area contributed by atoms with Crippen LogP contribution < -0.4 is 5.32 Å². The van der Waals surface area contributed by atoms with Crippen molar-refractivity contribution in [3.63, 3.8) is 0 Å². The maximum Gasteiger partial charge on any atom is 0.140 e. The summed E-state index contributed by atoms with van der Waals surface area (Å²) in [6.07, 6.45) is 0.734. The second kappa shape index (κ2) is 6.23. The minimum absolute atomic E-state index is 0.135. The first-order chi connectivity index (χ1) is 7.11. The zero-order chi connectivity index (χ0) is 11.3. The molecule has 0 aliphatic carbocycles. The monoisotopic (exact) mass is 273 g/mol. The molecule has 0 radical (unpaired) electrons. The predicted octanol–water partition coefficient (Wildman–Crippen LogP) is 3.38. The lowest BCUT2D eigenvalue weighted by atomic mass is 10.1. The molecule has 15 heavy (non-hydrogen) atoms. The summed E-state index contributed by atoms with van der Waals surface area (Å²) in [5.41, 5.74) is 0.764. The smallest absolute Gasteiger partial charge is 0.140 e. The van der Waals surface area contributed by atoms with E-state index in [2.05, 4.69) is 35.1 Å². The lowest BCUT2D eigenvalue weighted by Crippen LogP contribution is -2.22. The molecule has 1 nitrogen and oxygen atoms in total. The lowest BCUT2D eigenvalue weighted by molar-refractivity contribution is 0.545. The molecule has 0 saturated carbocycles.